The fourth-order valence-electron chi connectivity index (χ4n) is 2.82. The summed E-state index contributed by atoms with van der Waals surface area (Å²) in [6.07, 6.45) is 5.41. The zero-order valence-electron chi connectivity index (χ0n) is 14.3. The van der Waals surface area contributed by atoms with Gasteiger partial charge < -0.3 is 5.11 Å². The second-order valence-corrected chi connectivity index (χ2v) is 8.38. The van der Waals surface area contributed by atoms with Crippen molar-refractivity contribution >= 4 is 17.3 Å². The van der Waals surface area contributed by atoms with Gasteiger partial charge in [0.25, 0.3) is 0 Å². The second kappa shape index (κ2) is 6.60. The maximum atomic E-state index is 10.9. The maximum absolute atomic E-state index is 10.9. The highest BCUT2D eigenvalue weighted by Gasteiger charge is 2.24. The Kier molecular flexibility index (Phi) is 4.69. The average molecular weight is 349 g/mol. The van der Waals surface area contributed by atoms with Crippen molar-refractivity contribution < 1.29 is 9.90 Å². The van der Waals surface area contributed by atoms with Gasteiger partial charge in [0.2, 0.25) is 0 Å². The Balaban J connectivity index is 1.55. The molecule has 7 nitrogen and oxygen atoms in total. The molecule has 0 bridgehead atoms. The van der Waals surface area contributed by atoms with Crippen LogP contribution in [0.25, 0.3) is 0 Å². The third-order valence-electron chi connectivity index (χ3n) is 4.31. The van der Waals surface area contributed by atoms with Gasteiger partial charge in [-0.2, -0.15) is 0 Å². The van der Waals surface area contributed by atoms with Crippen molar-refractivity contribution in [1.82, 2.24) is 24.9 Å². The molecule has 1 aliphatic rings. The van der Waals surface area contributed by atoms with E-state index in [0.29, 0.717) is 0 Å². The van der Waals surface area contributed by atoms with E-state index >= 15 is 0 Å². The van der Waals surface area contributed by atoms with Gasteiger partial charge in [-0.25, -0.2) is 14.5 Å². The summed E-state index contributed by atoms with van der Waals surface area (Å²) in [5.74, 6) is -1.03. The third-order valence-corrected chi connectivity index (χ3v) is 5.72. The van der Waals surface area contributed by atoms with E-state index in [1.54, 1.807) is 16.0 Å². The summed E-state index contributed by atoms with van der Waals surface area (Å²) in [6, 6.07) is 0.225. The molecule has 0 unspecified atom stereocenters. The highest BCUT2D eigenvalue weighted by Crippen LogP contribution is 2.29. The van der Waals surface area contributed by atoms with E-state index in [4.69, 9.17) is 5.11 Å². The number of carbonyl (C=O) groups is 1. The SMILES string of the molecule is CC(C)(C)c1cnc(CN2CCC(n3cc(C(=O)O)nn3)CC2)s1. The van der Waals surface area contributed by atoms with Crippen molar-refractivity contribution in [3.8, 4) is 0 Å². The van der Waals surface area contributed by atoms with Crippen LogP contribution >= 0.6 is 11.3 Å². The average Bonchev–Trinajstić information content (AvgIpc) is 3.16. The number of hydrogen-bond donors (Lipinski definition) is 1. The molecule has 0 aliphatic carbocycles. The summed E-state index contributed by atoms with van der Waals surface area (Å²) in [5.41, 5.74) is 0.160. The van der Waals surface area contributed by atoms with Gasteiger partial charge in [-0.05, 0) is 18.3 Å². The Labute approximate surface area is 145 Å². The summed E-state index contributed by atoms with van der Waals surface area (Å²) < 4.78 is 1.70. The molecule has 3 heterocycles. The molecule has 0 atom stereocenters. The minimum Gasteiger partial charge on any atom is -0.476 e. The van der Waals surface area contributed by atoms with Crippen LogP contribution in [0.5, 0.6) is 0 Å². The molecule has 2 aromatic heterocycles. The van der Waals surface area contributed by atoms with Crippen LogP contribution in [0.3, 0.4) is 0 Å². The Morgan fingerprint density at radius 2 is 2.08 bits per heavy atom. The topological polar surface area (TPSA) is 84.1 Å². The first kappa shape index (κ1) is 17.0. The largest absolute Gasteiger partial charge is 0.476 e. The van der Waals surface area contributed by atoms with Gasteiger partial charge in [-0.1, -0.05) is 26.0 Å². The lowest BCUT2D eigenvalue weighted by Gasteiger charge is -2.31. The van der Waals surface area contributed by atoms with E-state index in [0.717, 1.165) is 37.5 Å². The summed E-state index contributed by atoms with van der Waals surface area (Å²) >= 11 is 1.79. The molecular weight excluding hydrogens is 326 g/mol. The highest BCUT2D eigenvalue weighted by atomic mass is 32.1. The Morgan fingerprint density at radius 3 is 2.62 bits per heavy atom. The van der Waals surface area contributed by atoms with Gasteiger partial charge in [-0.15, -0.1) is 16.4 Å². The molecule has 0 radical (unpaired) electrons. The number of carboxylic acids is 1. The molecular formula is C16H23N5O2S. The summed E-state index contributed by atoms with van der Waals surface area (Å²) in [4.78, 5) is 19.2. The number of nitrogens with zero attached hydrogens (tertiary/aromatic N) is 5. The first-order chi connectivity index (χ1) is 11.3. The molecule has 1 aliphatic heterocycles. The van der Waals surface area contributed by atoms with Gasteiger partial charge in [0.15, 0.2) is 5.69 Å². The van der Waals surface area contributed by atoms with Crippen molar-refractivity contribution in [2.75, 3.05) is 13.1 Å². The monoisotopic (exact) mass is 349 g/mol. The number of rotatable bonds is 4. The van der Waals surface area contributed by atoms with Crippen molar-refractivity contribution in [3.05, 3.63) is 28.0 Å². The number of aromatic nitrogens is 4. The molecule has 0 spiro atoms. The number of likely N-dealkylation sites (tertiary alicyclic amines) is 1. The molecule has 130 valence electrons. The number of hydrogen-bond acceptors (Lipinski definition) is 6. The minimum absolute atomic E-state index is 0.00919. The number of thiazole rings is 1. The van der Waals surface area contributed by atoms with E-state index in [2.05, 4.69) is 41.0 Å². The van der Waals surface area contributed by atoms with Crippen LogP contribution in [-0.4, -0.2) is 49.0 Å². The Morgan fingerprint density at radius 1 is 1.38 bits per heavy atom. The molecule has 24 heavy (non-hydrogen) atoms. The molecule has 2 aromatic rings. The Bertz CT molecular complexity index is 710. The maximum Gasteiger partial charge on any atom is 0.358 e. The fourth-order valence-corrected chi connectivity index (χ4v) is 3.83. The number of carboxylic acid groups (broad SMARTS) is 1. The lowest BCUT2D eigenvalue weighted by atomic mass is 9.96. The summed E-state index contributed by atoms with van der Waals surface area (Å²) in [7, 11) is 0. The van der Waals surface area contributed by atoms with Crippen LogP contribution in [-0.2, 0) is 12.0 Å². The summed E-state index contributed by atoms with van der Waals surface area (Å²) in [5, 5.41) is 17.7. The smallest absolute Gasteiger partial charge is 0.358 e. The third kappa shape index (κ3) is 3.81. The van der Waals surface area contributed by atoms with Gasteiger partial charge in [0.1, 0.15) is 5.01 Å². The molecule has 0 amide bonds. The molecule has 3 rings (SSSR count). The van der Waals surface area contributed by atoms with Crippen LogP contribution in [0.2, 0.25) is 0 Å². The lowest BCUT2D eigenvalue weighted by molar-refractivity contribution is 0.0690. The van der Waals surface area contributed by atoms with Gasteiger partial charge in [0.05, 0.1) is 18.8 Å². The van der Waals surface area contributed by atoms with E-state index < -0.39 is 5.97 Å². The van der Waals surface area contributed by atoms with Crippen LogP contribution in [0.1, 0.15) is 60.0 Å². The quantitative estimate of drug-likeness (QED) is 0.913. The Hall–Kier alpha value is -1.80. The van der Waals surface area contributed by atoms with E-state index in [1.165, 1.54) is 11.1 Å². The van der Waals surface area contributed by atoms with Gasteiger partial charge >= 0.3 is 5.97 Å². The van der Waals surface area contributed by atoms with Crippen LogP contribution < -0.4 is 0 Å². The summed E-state index contributed by atoms with van der Waals surface area (Å²) in [6.45, 7) is 9.41. The highest BCUT2D eigenvalue weighted by molar-refractivity contribution is 7.11. The van der Waals surface area contributed by atoms with E-state index in [1.807, 2.05) is 6.20 Å². The minimum atomic E-state index is -1.03. The number of piperidine rings is 1. The molecule has 0 saturated carbocycles. The van der Waals surface area contributed by atoms with Gasteiger partial charge in [0, 0.05) is 24.2 Å². The normalized spacial score (nSPS) is 17.3. The first-order valence-electron chi connectivity index (χ1n) is 8.15. The standard InChI is InChI=1S/C16H23N5O2S/c1-16(2,3)13-8-17-14(24-13)10-20-6-4-11(5-7-20)21-9-12(15(22)23)18-19-21/h8-9,11H,4-7,10H2,1-3H3,(H,22,23). The van der Waals surface area contributed by atoms with Crippen LogP contribution in [0, 0.1) is 0 Å². The van der Waals surface area contributed by atoms with Crippen molar-refractivity contribution in [2.45, 2.75) is 51.6 Å². The van der Waals surface area contributed by atoms with E-state index in [-0.39, 0.29) is 17.2 Å². The lowest BCUT2D eigenvalue weighted by Crippen LogP contribution is -2.34. The molecule has 8 heteroatoms. The predicted octanol–water partition coefficient (Wildman–Crippen LogP) is 2.57. The zero-order chi connectivity index (χ0) is 17.3. The van der Waals surface area contributed by atoms with Crippen LogP contribution in [0.15, 0.2) is 12.4 Å². The van der Waals surface area contributed by atoms with Crippen molar-refractivity contribution in [2.24, 2.45) is 0 Å². The van der Waals surface area contributed by atoms with Crippen molar-refractivity contribution in [1.29, 1.82) is 0 Å². The first-order valence-corrected chi connectivity index (χ1v) is 8.97. The fraction of sp³-hybridized carbons (Fsp3) is 0.625. The predicted molar refractivity (Wildman–Crippen MR) is 91.3 cm³/mol. The van der Waals surface area contributed by atoms with Crippen LogP contribution in [0.4, 0.5) is 0 Å². The van der Waals surface area contributed by atoms with E-state index in [9.17, 15) is 4.79 Å². The zero-order valence-corrected chi connectivity index (χ0v) is 15.1. The molecule has 0 aromatic carbocycles. The number of aromatic carboxylic acids is 1. The molecule has 1 saturated heterocycles. The molecule has 1 fully saturated rings. The van der Waals surface area contributed by atoms with Gasteiger partial charge in [-0.3, -0.25) is 4.90 Å². The molecule has 1 N–H and O–H groups in total. The second-order valence-electron chi connectivity index (χ2n) is 7.26. The van der Waals surface area contributed by atoms with Crippen molar-refractivity contribution in [3.63, 3.8) is 0 Å².